The maximum atomic E-state index is 12.6. The van der Waals surface area contributed by atoms with E-state index in [1.165, 1.54) is 18.3 Å². The van der Waals surface area contributed by atoms with Crippen LogP contribution < -0.4 is 16.0 Å². The van der Waals surface area contributed by atoms with Crippen molar-refractivity contribution in [3.8, 4) is 11.6 Å². The van der Waals surface area contributed by atoms with Crippen LogP contribution in [0.25, 0.3) is 0 Å². The molecule has 0 spiro atoms. The third-order valence-electron chi connectivity index (χ3n) is 4.03. The second kappa shape index (κ2) is 7.26. The Balaban J connectivity index is 1.71. The molecule has 1 aliphatic rings. The van der Waals surface area contributed by atoms with Crippen molar-refractivity contribution in [3.05, 3.63) is 52.1 Å². The number of carbonyl (C=O) groups excluding carboxylic acids is 2. The number of ether oxygens (including phenoxy) is 1. The van der Waals surface area contributed by atoms with Gasteiger partial charge in [0.1, 0.15) is 17.5 Å². The minimum absolute atomic E-state index is 0.102. The number of primary amides is 1. The van der Waals surface area contributed by atoms with E-state index in [-0.39, 0.29) is 29.1 Å². The minimum atomic E-state index is -0.648. The van der Waals surface area contributed by atoms with Gasteiger partial charge < -0.3 is 20.5 Å². The summed E-state index contributed by atoms with van der Waals surface area (Å²) in [6, 6.07) is 5.44. The van der Waals surface area contributed by atoms with Gasteiger partial charge in [-0.3, -0.25) is 24.4 Å². The standard InChI is InChI=1S/C17H18N4O5/c18-16(24)13-8-11(3-4-19-13)26-12-2-1-5-21(9-12)17(25)10-6-14(22)20-15(23)7-10/h3-4,6-8,12H,1-2,5,9H2,(H2,18,24)(H2,20,22,23). The van der Waals surface area contributed by atoms with Gasteiger partial charge in [-0.05, 0) is 18.9 Å². The number of aromatic hydroxyl groups is 1. The van der Waals surface area contributed by atoms with E-state index in [0.717, 1.165) is 18.9 Å². The molecular weight excluding hydrogens is 340 g/mol. The number of hydrogen-bond donors (Lipinski definition) is 3. The first-order chi connectivity index (χ1) is 12.4. The van der Waals surface area contributed by atoms with Crippen LogP contribution in [0.3, 0.4) is 0 Å². The molecule has 136 valence electrons. The van der Waals surface area contributed by atoms with E-state index in [9.17, 15) is 19.5 Å². The highest BCUT2D eigenvalue weighted by Gasteiger charge is 2.26. The minimum Gasteiger partial charge on any atom is -0.494 e. The third-order valence-corrected chi connectivity index (χ3v) is 4.03. The van der Waals surface area contributed by atoms with Gasteiger partial charge in [-0.25, -0.2) is 0 Å². The Hall–Kier alpha value is -3.36. The van der Waals surface area contributed by atoms with Crippen LogP contribution in [0.2, 0.25) is 0 Å². The van der Waals surface area contributed by atoms with Crippen molar-refractivity contribution >= 4 is 11.8 Å². The molecule has 0 saturated carbocycles. The summed E-state index contributed by atoms with van der Waals surface area (Å²) in [4.78, 5) is 42.8. The molecule has 0 aromatic carbocycles. The molecule has 1 aliphatic heterocycles. The van der Waals surface area contributed by atoms with Crippen molar-refractivity contribution in [1.82, 2.24) is 14.9 Å². The molecule has 1 unspecified atom stereocenters. The molecule has 3 rings (SSSR count). The van der Waals surface area contributed by atoms with Gasteiger partial charge in [-0.2, -0.15) is 0 Å². The third kappa shape index (κ3) is 4.00. The summed E-state index contributed by atoms with van der Waals surface area (Å²) < 4.78 is 5.85. The lowest BCUT2D eigenvalue weighted by Crippen LogP contribution is -2.44. The van der Waals surface area contributed by atoms with Gasteiger partial charge >= 0.3 is 0 Å². The first kappa shape index (κ1) is 17.5. The number of hydrogen-bond acceptors (Lipinski definition) is 6. The molecule has 2 aromatic rings. The Morgan fingerprint density at radius 2 is 2.15 bits per heavy atom. The molecule has 2 amide bonds. The van der Waals surface area contributed by atoms with Crippen molar-refractivity contribution in [2.45, 2.75) is 18.9 Å². The molecule has 4 N–H and O–H groups in total. The van der Waals surface area contributed by atoms with E-state index in [1.54, 1.807) is 11.0 Å². The number of piperidine rings is 1. The van der Waals surface area contributed by atoms with Crippen molar-refractivity contribution in [1.29, 1.82) is 0 Å². The van der Waals surface area contributed by atoms with E-state index in [0.29, 0.717) is 18.8 Å². The van der Waals surface area contributed by atoms with Crippen LogP contribution in [0, 0.1) is 0 Å². The SMILES string of the molecule is NC(=O)c1cc(OC2CCCN(C(=O)c3cc(O)[nH]c(=O)c3)C2)ccn1. The van der Waals surface area contributed by atoms with Crippen LogP contribution in [0.4, 0.5) is 0 Å². The van der Waals surface area contributed by atoms with Crippen molar-refractivity contribution in [2.75, 3.05) is 13.1 Å². The molecule has 1 atom stereocenters. The Labute approximate surface area is 148 Å². The zero-order valence-electron chi connectivity index (χ0n) is 13.8. The molecule has 3 heterocycles. The lowest BCUT2D eigenvalue weighted by molar-refractivity contribution is 0.0537. The van der Waals surface area contributed by atoms with E-state index in [1.807, 2.05) is 0 Å². The topological polar surface area (TPSA) is 139 Å². The number of likely N-dealkylation sites (tertiary alicyclic amines) is 1. The smallest absolute Gasteiger partial charge is 0.267 e. The second-order valence-electron chi connectivity index (χ2n) is 5.99. The molecule has 0 radical (unpaired) electrons. The normalized spacial score (nSPS) is 16.9. The highest BCUT2D eigenvalue weighted by Crippen LogP contribution is 2.20. The average Bonchev–Trinajstić information content (AvgIpc) is 2.60. The quantitative estimate of drug-likeness (QED) is 0.716. The van der Waals surface area contributed by atoms with E-state index < -0.39 is 11.5 Å². The first-order valence-corrected chi connectivity index (χ1v) is 8.07. The van der Waals surface area contributed by atoms with Crippen LogP contribution in [0.15, 0.2) is 35.3 Å². The number of rotatable bonds is 4. The van der Waals surface area contributed by atoms with Crippen LogP contribution in [-0.2, 0) is 0 Å². The Bertz CT molecular complexity index is 895. The zero-order valence-corrected chi connectivity index (χ0v) is 13.8. The van der Waals surface area contributed by atoms with Gasteiger partial charge in [0.2, 0.25) is 0 Å². The summed E-state index contributed by atoms with van der Waals surface area (Å²) in [5.41, 5.74) is 4.88. The Morgan fingerprint density at radius 3 is 2.88 bits per heavy atom. The van der Waals surface area contributed by atoms with Gasteiger partial charge in [0, 0.05) is 30.9 Å². The molecular formula is C17H18N4O5. The molecule has 0 aliphatic carbocycles. The van der Waals surface area contributed by atoms with Gasteiger partial charge in [0.05, 0.1) is 12.1 Å². The number of H-pyrrole nitrogens is 1. The zero-order chi connectivity index (χ0) is 18.7. The fraction of sp³-hybridized carbons (Fsp3) is 0.294. The van der Waals surface area contributed by atoms with E-state index >= 15 is 0 Å². The number of amides is 2. The average molecular weight is 358 g/mol. The summed E-state index contributed by atoms with van der Waals surface area (Å²) >= 11 is 0. The lowest BCUT2D eigenvalue weighted by atomic mass is 10.1. The Kier molecular flexibility index (Phi) is 4.87. The number of nitrogens with two attached hydrogens (primary N) is 1. The summed E-state index contributed by atoms with van der Waals surface area (Å²) in [7, 11) is 0. The predicted molar refractivity (Wildman–Crippen MR) is 91.0 cm³/mol. The molecule has 2 aromatic heterocycles. The molecule has 9 nitrogen and oxygen atoms in total. The lowest BCUT2D eigenvalue weighted by Gasteiger charge is -2.33. The number of nitrogens with one attached hydrogen (secondary N) is 1. The van der Waals surface area contributed by atoms with Crippen LogP contribution in [-0.4, -0.2) is 51.0 Å². The number of carbonyl (C=O) groups is 2. The van der Waals surface area contributed by atoms with Crippen LogP contribution in [0.1, 0.15) is 33.7 Å². The van der Waals surface area contributed by atoms with Gasteiger partial charge in [0.15, 0.2) is 5.88 Å². The van der Waals surface area contributed by atoms with Crippen LogP contribution >= 0.6 is 0 Å². The van der Waals surface area contributed by atoms with Gasteiger partial charge in [-0.1, -0.05) is 0 Å². The molecule has 9 heteroatoms. The highest BCUT2D eigenvalue weighted by atomic mass is 16.5. The number of aromatic nitrogens is 2. The van der Waals surface area contributed by atoms with Gasteiger partial charge in [0.25, 0.3) is 17.4 Å². The maximum Gasteiger partial charge on any atom is 0.267 e. The summed E-state index contributed by atoms with van der Waals surface area (Å²) in [5.74, 6) is -0.916. The number of nitrogens with zero attached hydrogens (tertiary/aromatic N) is 2. The Morgan fingerprint density at radius 1 is 1.35 bits per heavy atom. The number of pyridine rings is 2. The summed E-state index contributed by atoms with van der Waals surface area (Å²) in [6.45, 7) is 0.843. The predicted octanol–water partition coefficient (Wildman–Crippen LogP) is 0.258. The molecule has 26 heavy (non-hydrogen) atoms. The summed E-state index contributed by atoms with van der Waals surface area (Å²) in [5, 5.41) is 9.46. The van der Waals surface area contributed by atoms with Crippen molar-refractivity contribution in [3.63, 3.8) is 0 Å². The molecule has 1 fully saturated rings. The number of aromatic amines is 1. The summed E-state index contributed by atoms with van der Waals surface area (Å²) in [6.07, 6.45) is 2.62. The first-order valence-electron chi connectivity index (χ1n) is 8.07. The molecule has 0 bridgehead atoms. The van der Waals surface area contributed by atoms with Crippen LogP contribution in [0.5, 0.6) is 11.6 Å². The van der Waals surface area contributed by atoms with E-state index in [2.05, 4.69) is 9.97 Å². The highest BCUT2D eigenvalue weighted by molar-refractivity contribution is 5.94. The molecule has 1 saturated heterocycles. The van der Waals surface area contributed by atoms with Crippen molar-refractivity contribution in [2.24, 2.45) is 5.73 Å². The fourth-order valence-corrected chi connectivity index (χ4v) is 2.87. The largest absolute Gasteiger partial charge is 0.494 e. The van der Waals surface area contributed by atoms with Gasteiger partial charge in [-0.15, -0.1) is 0 Å². The van der Waals surface area contributed by atoms with E-state index in [4.69, 9.17) is 10.5 Å². The fourth-order valence-electron chi connectivity index (χ4n) is 2.87. The second-order valence-corrected chi connectivity index (χ2v) is 5.99. The maximum absolute atomic E-state index is 12.6. The monoisotopic (exact) mass is 358 g/mol. The van der Waals surface area contributed by atoms with Crippen molar-refractivity contribution < 1.29 is 19.4 Å².